The average Bonchev–Trinajstić information content (AvgIpc) is 2.58. The fourth-order valence-corrected chi connectivity index (χ4v) is 2.76. The van der Waals surface area contributed by atoms with Gasteiger partial charge in [0.15, 0.2) is 11.5 Å². The number of carbonyl (C=O) groups is 2. The standard InChI is InChI=1S/C16H18BrNO6/c1-18(2)8-10(16(20)22-4)12(19)9-7-11(17)14-15(13(9)21-3)24-6-5-23-14/h7-8H,5-6H2,1-4H3/b10-8-. The summed E-state index contributed by atoms with van der Waals surface area (Å²) < 4.78 is 21.7. The SMILES string of the molecule is COC(=O)/C(=C\N(C)C)C(=O)c1cc(Br)c2c(c1OC)OCCO2. The molecule has 0 amide bonds. The van der Waals surface area contributed by atoms with Crippen LogP contribution in [-0.4, -0.2) is 58.2 Å². The van der Waals surface area contributed by atoms with Crippen LogP contribution >= 0.6 is 15.9 Å². The summed E-state index contributed by atoms with van der Waals surface area (Å²) in [5.41, 5.74) is 0.0523. The van der Waals surface area contributed by atoms with E-state index in [1.54, 1.807) is 25.1 Å². The monoisotopic (exact) mass is 399 g/mol. The lowest BCUT2D eigenvalue weighted by atomic mass is 10.0. The Morgan fingerprint density at radius 3 is 2.38 bits per heavy atom. The van der Waals surface area contributed by atoms with Gasteiger partial charge in [0.2, 0.25) is 11.5 Å². The van der Waals surface area contributed by atoms with E-state index in [1.807, 2.05) is 0 Å². The van der Waals surface area contributed by atoms with Crippen molar-refractivity contribution in [3.8, 4) is 17.2 Å². The third kappa shape index (κ3) is 3.48. The molecular formula is C16H18BrNO6. The molecule has 24 heavy (non-hydrogen) atoms. The fourth-order valence-electron chi connectivity index (χ4n) is 2.23. The molecule has 2 rings (SSSR count). The van der Waals surface area contributed by atoms with Crippen molar-refractivity contribution in [1.29, 1.82) is 0 Å². The predicted octanol–water partition coefficient (Wildman–Crippen LogP) is 2.03. The van der Waals surface area contributed by atoms with E-state index in [1.165, 1.54) is 20.4 Å². The zero-order valence-corrected chi connectivity index (χ0v) is 15.4. The van der Waals surface area contributed by atoms with Gasteiger partial charge in [0.25, 0.3) is 0 Å². The first-order valence-electron chi connectivity index (χ1n) is 7.08. The van der Waals surface area contributed by atoms with Gasteiger partial charge in [0.1, 0.15) is 18.8 Å². The molecule has 0 saturated carbocycles. The minimum atomic E-state index is -0.734. The summed E-state index contributed by atoms with van der Waals surface area (Å²) >= 11 is 3.36. The number of esters is 1. The quantitative estimate of drug-likeness (QED) is 0.246. The molecule has 1 heterocycles. The number of nitrogens with zero attached hydrogens (tertiary/aromatic N) is 1. The van der Waals surface area contributed by atoms with Gasteiger partial charge in [-0.2, -0.15) is 0 Å². The van der Waals surface area contributed by atoms with E-state index in [2.05, 4.69) is 15.9 Å². The van der Waals surface area contributed by atoms with Gasteiger partial charge in [-0.25, -0.2) is 4.79 Å². The molecule has 1 aliphatic rings. The number of methoxy groups -OCH3 is 2. The van der Waals surface area contributed by atoms with E-state index in [9.17, 15) is 9.59 Å². The maximum atomic E-state index is 12.9. The second kappa shape index (κ2) is 7.57. The molecule has 130 valence electrons. The van der Waals surface area contributed by atoms with Crippen molar-refractivity contribution in [2.24, 2.45) is 0 Å². The van der Waals surface area contributed by atoms with Crippen molar-refractivity contribution in [1.82, 2.24) is 4.90 Å². The lowest BCUT2D eigenvalue weighted by Gasteiger charge is -2.23. The maximum Gasteiger partial charge on any atom is 0.343 e. The van der Waals surface area contributed by atoms with Gasteiger partial charge in [0.05, 0.1) is 24.3 Å². The zero-order valence-electron chi connectivity index (χ0n) is 13.8. The van der Waals surface area contributed by atoms with Gasteiger partial charge in [-0.1, -0.05) is 0 Å². The summed E-state index contributed by atoms with van der Waals surface area (Å²) in [5.74, 6) is -0.264. The molecule has 0 radical (unpaired) electrons. The summed E-state index contributed by atoms with van der Waals surface area (Å²) in [4.78, 5) is 26.5. The molecule has 8 heteroatoms. The average molecular weight is 400 g/mol. The highest BCUT2D eigenvalue weighted by Crippen LogP contribution is 2.47. The molecule has 0 atom stereocenters. The number of hydrogen-bond acceptors (Lipinski definition) is 7. The van der Waals surface area contributed by atoms with Gasteiger partial charge in [0, 0.05) is 20.3 Å². The summed E-state index contributed by atoms with van der Waals surface area (Å²) in [5, 5.41) is 0. The molecule has 0 saturated heterocycles. The van der Waals surface area contributed by atoms with E-state index in [0.717, 1.165) is 0 Å². The lowest BCUT2D eigenvalue weighted by Crippen LogP contribution is -2.21. The number of ether oxygens (including phenoxy) is 4. The zero-order chi connectivity index (χ0) is 17.9. The number of carbonyl (C=O) groups excluding carboxylic acids is 2. The highest BCUT2D eigenvalue weighted by atomic mass is 79.9. The highest BCUT2D eigenvalue weighted by Gasteiger charge is 2.30. The molecule has 0 spiro atoms. The largest absolute Gasteiger partial charge is 0.492 e. The number of Topliss-reactive ketones (excluding diaryl/α,β-unsaturated/α-hetero) is 1. The van der Waals surface area contributed by atoms with Crippen LogP contribution in [0, 0.1) is 0 Å². The van der Waals surface area contributed by atoms with Crippen molar-refractivity contribution in [3.05, 3.63) is 27.9 Å². The van der Waals surface area contributed by atoms with Crippen LogP contribution in [0.2, 0.25) is 0 Å². The Labute approximate surface area is 148 Å². The smallest absolute Gasteiger partial charge is 0.343 e. The van der Waals surface area contributed by atoms with E-state index in [0.29, 0.717) is 29.2 Å². The third-order valence-corrected chi connectivity index (χ3v) is 3.80. The van der Waals surface area contributed by atoms with Crippen LogP contribution in [0.5, 0.6) is 17.2 Å². The Morgan fingerprint density at radius 2 is 1.83 bits per heavy atom. The first-order valence-corrected chi connectivity index (χ1v) is 7.87. The number of fused-ring (bicyclic) bond motifs is 1. The fraction of sp³-hybridized carbons (Fsp3) is 0.375. The van der Waals surface area contributed by atoms with Gasteiger partial charge in [-0.05, 0) is 22.0 Å². The number of rotatable bonds is 5. The van der Waals surface area contributed by atoms with Crippen LogP contribution in [0.4, 0.5) is 0 Å². The van der Waals surface area contributed by atoms with Crippen molar-refractivity contribution < 1.29 is 28.5 Å². The predicted molar refractivity (Wildman–Crippen MR) is 89.8 cm³/mol. The number of hydrogen-bond donors (Lipinski definition) is 0. The molecule has 0 bridgehead atoms. The van der Waals surface area contributed by atoms with Gasteiger partial charge < -0.3 is 23.8 Å². The molecule has 0 aromatic heterocycles. The van der Waals surface area contributed by atoms with Crippen LogP contribution in [-0.2, 0) is 9.53 Å². The Bertz CT molecular complexity index is 698. The molecule has 1 aromatic rings. The topological polar surface area (TPSA) is 74.3 Å². The first kappa shape index (κ1) is 18.1. The molecule has 0 fully saturated rings. The van der Waals surface area contributed by atoms with Crippen LogP contribution in [0.1, 0.15) is 10.4 Å². The third-order valence-electron chi connectivity index (χ3n) is 3.21. The molecule has 7 nitrogen and oxygen atoms in total. The normalized spacial score (nSPS) is 13.3. The summed E-state index contributed by atoms with van der Waals surface area (Å²) in [7, 11) is 6.04. The first-order chi connectivity index (χ1) is 11.4. The van der Waals surface area contributed by atoms with E-state index in [4.69, 9.17) is 18.9 Å². The highest BCUT2D eigenvalue weighted by molar-refractivity contribution is 9.10. The second-order valence-corrected chi connectivity index (χ2v) is 5.98. The molecule has 0 aliphatic carbocycles. The number of ketones is 1. The van der Waals surface area contributed by atoms with Crippen LogP contribution in [0.25, 0.3) is 0 Å². The van der Waals surface area contributed by atoms with Gasteiger partial charge in [-0.15, -0.1) is 0 Å². The van der Waals surface area contributed by atoms with Gasteiger partial charge >= 0.3 is 5.97 Å². The van der Waals surface area contributed by atoms with Gasteiger partial charge in [-0.3, -0.25) is 4.79 Å². The van der Waals surface area contributed by atoms with Crippen molar-refractivity contribution >= 4 is 27.7 Å². The summed E-state index contributed by atoms with van der Waals surface area (Å²) in [6.07, 6.45) is 1.40. The summed E-state index contributed by atoms with van der Waals surface area (Å²) in [6, 6.07) is 1.54. The maximum absolute atomic E-state index is 12.9. The van der Waals surface area contributed by atoms with Crippen molar-refractivity contribution in [2.75, 3.05) is 41.5 Å². The molecular weight excluding hydrogens is 382 g/mol. The van der Waals surface area contributed by atoms with Crippen molar-refractivity contribution in [2.45, 2.75) is 0 Å². The van der Waals surface area contributed by atoms with Crippen LogP contribution < -0.4 is 14.2 Å². The molecule has 1 aromatic carbocycles. The van der Waals surface area contributed by atoms with E-state index in [-0.39, 0.29) is 16.9 Å². The molecule has 0 unspecified atom stereocenters. The second-order valence-electron chi connectivity index (χ2n) is 5.12. The Kier molecular flexibility index (Phi) is 5.71. The molecule has 0 N–H and O–H groups in total. The Morgan fingerprint density at radius 1 is 1.21 bits per heavy atom. The van der Waals surface area contributed by atoms with Crippen LogP contribution in [0.15, 0.2) is 22.3 Å². The summed E-state index contributed by atoms with van der Waals surface area (Å²) in [6.45, 7) is 0.737. The number of benzene rings is 1. The molecule has 1 aliphatic heterocycles. The van der Waals surface area contributed by atoms with E-state index < -0.39 is 11.8 Å². The Hall–Kier alpha value is -2.22. The van der Waals surface area contributed by atoms with Crippen molar-refractivity contribution in [3.63, 3.8) is 0 Å². The lowest BCUT2D eigenvalue weighted by molar-refractivity contribution is -0.135. The minimum Gasteiger partial charge on any atom is -0.492 e. The number of halogens is 1. The minimum absolute atomic E-state index is 0.121. The van der Waals surface area contributed by atoms with Crippen LogP contribution in [0.3, 0.4) is 0 Å². The Balaban J connectivity index is 2.60. The van der Waals surface area contributed by atoms with E-state index >= 15 is 0 Å².